The molecule has 0 aliphatic carbocycles. The number of aromatic nitrogens is 2. The van der Waals surface area contributed by atoms with Gasteiger partial charge in [-0.25, -0.2) is 0 Å². The van der Waals surface area contributed by atoms with E-state index in [1.54, 1.807) is 23.9 Å². The largest absolute Gasteiger partial charge is 0.366 e. The molecule has 0 bridgehead atoms. The summed E-state index contributed by atoms with van der Waals surface area (Å²) in [5.41, 5.74) is 0.750. The lowest BCUT2D eigenvalue weighted by atomic mass is 10.1. The predicted molar refractivity (Wildman–Crippen MR) is 98.8 cm³/mol. The lowest BCUT2D eigenvalue weighted by Gasteiger charge is -2.17. The molecule has 1 aliphatic heterocycles. The number of nitro groups is 1. The summed E-state index contributed by atoms with van der Waals surface area (Å²) in [6.45, 7) is 3.61. The molecule has 0 spiro atoms. The number of nitrogens with one attached hydrogen (secondary N) is 1. The van der Waals surface area contributed by atoms with Crippen LogP contribution in [0.4, 0.5) is 16.5 Å². The molecule has 0 unspecified atom stereocenters. The summed E-state index contributed by atoms with van der Waals surface area (Å²) >= 11 is 2.82. The lowest BCUT2D eigenvalue weighted by molar-refractivity contribution is -0.384. The van der Waals surface area contributed by atoms with Crippen molar-refractivity contribution in [1.82, 2.24) is 10.2 Å². The van der Waals surface area contributed by atoms with Crippen molar-refractivity contribution in [2.75, 3.05) is 29.1 Å². The topological polar surface area (TPSA) is 101 Å². The molecule has 1 aromatic carbocycles. The van der Waals surface area contributed by atoms with Crippen LogP contribution in [0, 0.1) is 10.1 Å². The van der Waals surface area contributed by atoms with Crippen molar-refractivity contribution in [2.45, 2.75) is 24.1 Å². The van der Waals surface area contributed by atoms with Crippen molar-refractivity contribution in [3.8, 4) is 0 Å². The third-order valence-electron chi connectivity index (χ3n) is 3.78. The van der Waals surface area contributed by atoms with E-state index in [0.29, 0.717) is 10.8 Å². The molecule has 1 aromatic heterocycles. The van der Waals surface area contributed by atoms with Crippen LogP contribution in [0.15, 0.2) is 22.5 Å². The maximum atomic E-state index is 12.4. The first-order chi connectivity index (χ1) is 12.1. The van der Waals surface area contributed by atoms with Crippen molar-refractivity contribution < 1.29 is 9.72 Å². The molecule has 2 aromatic rings. The molecule has 132 valence electrons. The van der Waals surface area contributed by atoms with Crippen LogP contribution in [0.25, 0.3) is 0 Å². The minimum absolute atomic E-state index is 0.0472. The molecule has 2 heterocycles. The highest BCUT2D eigenvalue weighted by Crippen LogP contribution is 2.32. The number of carbonyl (C=O) groups is 1. The van der Waals surface area contributed by atoms with Crippen LogP contribution in [0.3, 0.4) is 0 Å². The normalized spacial score (nSPS) is 13.9. The molecule has 0 saturated carbocycles. The van der Waals surface area contributed by atoms with Gasteiger partial charge in [-0.2, -0.15) is 0 Å². The van der Waals surface area contributed by atoms with E-state index in [-0.39, 0.29) is 11.3 Å². The van der Waals surface area contributed by atoms with Gasteiger partial charge in [0.15, 0.2) is 4.34 Å². The number of benzene rings is 1. The van der Waals surface area contributed by atoms with Crippen molar-refractivity contribution in [2.24, 2.45) is 0 Å². The minimum atomic E-state index is -0.439. The predicted octanol–water partition coefficient (Wildman–Crippen LogP) is 3.41. The molecule has 10 heteroatoms. The number of thioether (sulfide) groups is 1. The molecular formula is C15H17N5O3S2. The maximum Gasteiger partial charge on any atom is 0.293 e. The highest BCUT2D eigenvalue weighted by molar-refractivity contribution is 8.01. The summed E-state index contributed by atoms with van der Waals surface area (Å²) in [7, 11) is 0. The highest BCUT2D eigenvalue weighted by atomic mass is 32.2. The van der Waals surface area contributed by atoms with Crippen molar-refractivity contribution in [3.05, 3.63) is 33.9 Å². The number of nitro benzene ring substituents is 1. The van der Waals surface area contributed by atoms with Gasteiger partial charge < -0.3 is 4.90 Å². The van der Waals surface area contributed by atoms with Gasteiger partial charge in [0.25, 0.3) is 11.6 Å². The number of carbonyl (C=O) groups excluding carboxylic acids is 1. The molecule has 1 saturated heterocycles. The van der Waals surface area contributed by atoms with Crippen LogP contribution in [0.2, 0.25) is 0 Å². The lowest BCUT2D eigenvalue weighted by Crippen LogP contribution is -2.19. The van der Waals surface area contributed by atoms with Crippen LogP contribution in [0.1, 0.15) is 30.1 Å². The maximum absolute atomic E-state index is 12.4. The van der Waals surface area contributed by atoms with Gasteiger partial charge in [-0.15, -0.1) is 10.2 Å². The third kappa shape index (κ3) is 4.07. The number of nitrogens with zero attached hydrogens (tertiary/aromatic N) is 4. The summed E-state index contributed by atoms with van der Waals surface area (Å²) in [6.07, 6.45) is 2.04. The molecule has 0 radical (unpaired) electrons. The zero-order valence-electron chi connectivity index (χ0n) is 13.6. The summed E-state index contributed by atoms with van der Waals surface area (Å²) in [5, 5.41) is 22.3. The Labute approximate surface area is 152 Å². The fourth-order valence-electron chi connectivity index (χ4n) is 2.65. The van der Waals surface area contributed by atoms with Crippen LogP contribution >= 0.6 is 23.1 Å². The molecule has 8 nitrogen and oxygen atoms in total. The summed E-state index contributed by atoms with van der Waals surface area (Å²) < 4.78 is 0.771. The Balaban J connectivity index is 1.79. The van der Waals surface area contributed by atoms with Gasteiger partial charge in [0, 0.05) is 24.7 Å². The second-order valence-corrected chi connectivity index (χ2v) is 7.90. The zero-order chi connectivity index (χ0) is 17.8. The minimum Gasteiger partial charge on any atom is -0.366 e. The second-order valence-electron chi connectivity index (χ2n) is 5.42. The Morgan fingerprint density at radius 2 is 2.16 bits per heavy atom. The smallest absolute Gasteiger partial charge is 0.293 e. The molecule has 0 atom stereocenters. The average molecular weight is 379 g/mol. The number of amides is 1. The van der Waals surface area contributed by atoms with E-state index < -0.39 is 10.8 Å². The third-order valence-corrected chi connectivity index (χ3v) is 5.63. The number of anilines is 2. The zero-order valence-corrected chi connectivity index (χ0v) is 15.2. The number of hydrogen-bond donors (Lipinski definition) is 1. The van der Waals surface area contributed by atoms with E-state index >= 15 is 0 Å². The van der Waals surface area contributed by atoms with Gasteiger partial charge in [-0.3, -0.25) is 20.2 Å². The molecule has 1 N–H and O–H groups in total. The fourth-order valence-corrected chi connectivity index (χ4v) is 4.29. The summed E-state index contributed by atoms with van der Waals surface area (Å²) in [6, 6.07) is 4.58. The molecule has 1 amide bonds. The summed E-state index contributed by atoms with van der Waals surface area (Å²) in [4.78, 5) is 25.3. The Kier molecular flexibility index (Phi) is 5.49. The fraction of sp³-hybridized carbons (Fsp3) is 0.400. The molecule has 25 heavy (non-hydrogen) atoms. The quantitative estimate of drug-likeness (QED) is 0.355. The van der Waals surface area contributed by atoms with E-state index in [0.717, 1.165) is 36.0 Å². The SMILES string of the molecule is CCSc1nnc(NC(=O)c2ccc(N3CCCC3)c([N+](=O)[O-])c2)s1. The Morgan fingerprint density at radius 1 is 1.40 bits per heavy atom. The highest BCUT2D eigenvalue weighted by Gasteiger charge is 2.24. The van der Waals surface area contributed by atoms with Gasteiger partial charge in [0.1, 0.15) is 5.69 Å². The van der Waals surface area contributed by atoms with E-state index in [2.05, 4.69) is 15.5 Å². The molecule has 1 fully saturated rings. The van der Waals surface area contributed by atoms with E-state index in [1.807, 2.05) is 11.8 Å². The van der Waals surface area contributed by atoms with Gasteiger partial charge in [0.05, 0.1) is 4.92 Å². The van der Waals surface area contributed by atoms with E-state index in [4.69, 9.17) is 0 Å². The Bertz CT molecular complexity index is 789. The van der Waals surface area contributed by atoms with Gasteiger partial charge in [0.2, 0.25) is 5.13 Å². The first-order valence-corrected chi connectivity index (χ1v) is 9.69. The van der Waals surface area contributed by atoms with E-state index in [9.17, 15) is 14.9 Å². The van der Waals surface area contributed by atoms with E-state index in [1.165, 1.54) is 17.4 Å². The van der Waals surface area contributed by atoms with Crippen molar-refractivity contribution >= 4 is 45.5 Å². The first-order valence-electron chi connectivity index (χ1n) is 7.89. The Morgan fingerprint density at radius 3 is 2.84 bits per heavy atom. The standard InChI is InChI=1S/C15H17N5O3S2/c1-2-24-15-18-17-14(25-15)16-13(21)10-5-6-11(12(9-10)20(22)23)19-7-3-4-8-19/h5-6,9H,2-4,7-8H2,1H3,(H,16,17,21). The van der Waals surface area contributed by atoms with Crippen LogP contribution in [0.5, 0.6) is 0 Å². The van der Waals surface area contributed by atoms with Gasteiger partial charge in [-0.1, -0.05) is 30.0 Å². The first kappa shape index (κ1) is 17.6. The monoisotopic (exact) mass is 379 g/mol. The van der Waals surface area contributed by atoms with Crippen LogP contribution in [-0.2, 0) is 0 Å². The molecule has 1 aliphatic rings. The number of rotatable bonds is 6. The second kappa shape index (κ2) is 7.79. The van der Waals surface area contributed by atoms with Crippen LogP contribution < -0.4 is 10.2 Å². The Hall–Kier alpha value is -2.20. The average Bonchev–Trinajstić information content (AvgIpc) is 3.26. The summed E-state index contributed by atoms with van der Waals surface area (Å²) in [5.74, 6) is 0.437. The molecular weight excluding hydrogens is 362 g/mol. The number of hydrogen-bond acceptors (Lipinski definition) is 8. The van der Waals surface area contributed by atoms with Crippen LogP contribution in [-0.4, -0.2) is 39.9 Å². The van der Waals surface area contributed by atoms with Gasteiger partial charge in [-0.05, 0) is 30.7 Å². The van der Waals surface area contributed by atoms with Crippen molar-refractivity contribution in [1.29, 1.82) is 0 Å². The van der Waals surface area contributed by atoms with Crippen molar-refractivity contribution in [3.63, 3.8) is 0 Å². The van der Waals surface area contributed by atoms with Gasteiger partial charge >= 0.3 is 0 Å². The molecule has 3 rings (SSSR count).